The van der Waals surface area contributed by atoms with Crippen LogP contribution in [-0.2, 0) is 11.3 Å². The van der Waals surface area contributed by atoms with Gasteiger partial charge >= 0.3 is 6.09 Å². The Balaban J connectivity index is 2.03. The van der Waals surface area contributed by atoms with Crippen molar-refractivity contribution in [2.75, 3.05) is 19.7 Å². The van der Waals surface area contributed by atoms with E-state index in [2.05, 4.69) is 23.2 Å². The van der Waals surface area contributed by atoms with Crippen LogP contribution in [0.1, 0.15) is 32.4 Å². The molecule has 19 heavy (non-hydrogen) atoms. The third-order valence-corrected chi connectivity index (χ3v) is 2.97. The topological polar surface area (TPSA) is 60.2 Å². The van der Waals surface area contributed by atoms with Crippen molar-refractivity contribution in [3.63, 3.8) is 0 Å². The van der Waals surface area contributed by atoms with Crippen LogP contribution in [0.3, 0.4) is 0 Å². The highest BCUT2D eigenvalue weighted by atomic mass is 16.6. The minimum atomic E-state index is -0.256. The summed E-state index contributed by atoms with van der Waals surface area (Å²) >= 11 is 0. The zero-order valence-electron chi connectivity index (χ0n) is 11.5. The molecule has 104 valence electrons. The van der Waals surface area contributed by atoms with E-state index in [4.69, 9.17) is 4.74 Å². The monoisotopic (exact) mass is 264 g/mol. The van der Waals surface area contributed by atoms with Gasteiger partial charge in [0.2, 0.25) is 0 Å². The number of carbonyl (C=O) groups excluding carboxylic acids is 1. The summed E-state index contributed by atoms with van der Waals surface area (Å²) in [4.78, 5) is 15.1. The second-order valence-corrected chi connectivity index (χ2v) is 4.46. The molecule has 0 spiro atoms. The summed E-state index contributed by atoms with van der Waals surface area (Å²) in [5.74, 6) is 0. The van der Waals surface area contributed by atoms with Crippen molar-refractivity contribution in [1.82, 2.24) is 19.9 Å². The number of aryl methyl sites for hydroxylation is 1. The molecule has 1 amide bonds. The maximum absolute atomic E-state index is 11.7. The molecule has 2 heterocycles. The van der Waals surface area contributed by atoms with Gasteiger partial charge in [0.1, 0.15) is 5.69 Å². The lowest BCUT2D eigenvalue weighted by molar-refractivity contribution is 0.111. The van der Waals surface area contributed by atoms with E-state index in [1.165, 1.54) is 0 Å². The van der Waals surface area contributed by atoms with Crippen LogP contribution in [0.4, 0.5) is 4.79 Å². The fourth-order valence-corrected chi connectivity index (χ4v) is 2.05. The fourth-order valence-electron chi connectivity index (χ4n) is 2.05. The molecular weight excluding hydrogens is 244 g/mol. The number of hydrogen-bond acceptors (Lipinski definition) is 4. The maximum Gasteiger partial charge on any atom is 0.410 e. The third kappa shape index (κ3) is 3.33. The highest BCUT2D eigenvalue weighted by Gasteiger charge is 2.21. The van der Waals surface area contributed by atoms with Gasteiger partial charge in [0.05, 0.1) is 25.9 Å². The van der Waals surface area contributed by atoms with Crippen molar-refractivity contribution < 1.29 is 9.53 Å². The Morgan fingerprint density at radius 3 is 3.05 bits per heavy atom. The molecular formula is C13H20N4O2. The Hall–Kier alpha value is -1.85. The molecule has 1 aromatic heterocycles. The van der Waals surface area contributed by atoms with Crippen LogP contribution in [0.2, 0.25) is 0 Å². The molecule has 6 nitrogen and oxygen atoms in total. The Labute approximate surface area is 113 Å². The van der Waals surface area contributed by atoms with Gasteiger partial charge in [-0.05, 0) is 25.3 Å². The molecule has 0 bridgehead atoms. The summed E-state index contributed by atoms with van der Waals surface area (Å²) in [5.41, 5.74) is 1.89. The summed E-state index contributed by atoms with van der Waals surface area (Å²) < 4.78 is 5.03. The number of hydrogen-bond donors (Lipinski definition) is 0. The van der Waals surface area contributed by atoms with Gasteiger partial charge in [0.15, 0.2) is 0 Å². The number of ether oxygens (including phenoxy) is 1. The molecule has 0 saturated heterocycles. The van der Waals surface area contributed by atoms with E-state index in [1.54, 1.807) is 15.9 Å². The lowest BCUT2D eigenvalue weighted by Gasteiger charge is -2.25. The first-order valence-corrected chi connectivity index (χ1v) is 6.75. The molecule has 0 fully saturated rings. The standard InChI is InChI=1S/C13H20N4O2/c1-3-7-17-14-9-12(15-17)11-6-5-8-16(10-11)13(18)19-4-2/h6,9H,3-5,7-8,10H2,1-2H3. The number of aromatic nitrogens is 3. The van der Waals surface area contributed by atoms with Crippen molar-refractivity contribution in [1.29, 1.82) is 0 Å². The van der Waals surface area contributed by atoms with E-state index in [1.807, 2.05) is 6.92 Å². The fraction of sp³-hybridized carbons (Fsp3) is 0.615. The predicted molar refractivity (Wildman–Crippen MR) is 71.5 cm³/mol. The smallest absolute Gasteiger partial charge is 0.410 e. The van der Waals surface area contributed by atoms with Crippen LogP contribution in [0.25, 0.3) is 5.57 Å². The number of amides is 1. The molecule has 0 aromatic carbocycles. The lowest BCUT2D eigenvalue weighted by atomic mass is 10.1. The second kappa shape index (κ2) is 6.36. The summed E-state index contributed by atoms with van der Waals surface area (Å²) in [6.45, 7) is 6.37. The summed E-state index contributed by atoms with van der Waals surface area (Å²) in [6, 6.07) is 0. The van der Waals surface area contributed by atoms with Gasteiger partial charge < -0.3 is 9.64 Å². The molecule has 1 aromatic rings. The Morgan fingerprint density at radius 2 is 2.32 bits per heavy atom. The van der Waals surface area contributed by atoms with Crippen molar-refractivity contribution in [3.8, 4) is 0 Å². The summed E-state index contributed by atoms with van der Waals surface area (Å²) in [7, 11) is 0. The minimum absolute atomic E-state index is 0.256. The predicted octanol–water partition coefficient (Wildman–Crippen LogP) is 1.93. The van der Waals surface area contributed by atoms with Crippen LogP contribution in [-0.4, -0.2) is 45.7 Å². The largest absolute Gasteiger partial charge is 0.450 e. The molecule has 6 heteroatoms. The molecule has 1 aliphatic heterocycles. The minimum Gasteiger partial charge on any atom is -0.450 e. The van der Waals surface area contributed by atoms with Crippen molar-refractivity contribution in [2.45, 2.75) is 33.2 Å². The van der Waals surface area contributed by atoms with E-state index in [0.717, 1.165) is 30.7 Å². The first-order chi connectivity index (χ1) is 9.24. The molecule has 1 aliphatic rings. The number of nitrogens with zero attached hydrogens (tertiary/aromatic N) is 4. The highest BCUT2D eigenvalue weighted by Crippen LogP contribution is 2.19. The van der Waals surface area contributed by atoms with E-state index in [9.17, 15) is 4.79 Å². The molecule has 0 atom stereocenters. The third-order valence-electron chi connectivity index (χ3n) is 2.97. The maximum atomic E-state index is 11.7. The SMILES string of the molecule is CCCn1ncc(C2=CCCN(C(=O)OCC)C2)n1. The Morgan fingerprint density at radius 1 is 1.47 bits per heavy atom. The number of carbonyl (C=O) groups is 1. The quantitative estimate of drug-likeness (QED) is 0.833. The van der Waals surface area contributed by atoms with Crippen molar-refractivity contribution in [3.05, 3.63) is 18.0 Å². The Kier molecular flexibility index (Phi) is 4.54. The van der Waals surface area contributed by atoms with Gasteiger partial charge in [-0.3, -0.25) is 0 Å². The zero-order chi connectivity index (χ0) is 13.7. The van der Waals surface area contributed by atoms with Crippen LogP contribution >= 0.6 is 0 Å². The van der Waals surface area contributed by atoms with Crippen LogP contribution in [0, 0.1) is 0 Å². The van der Waals surface area contributed by atoms with Gasteiger partial charge in [0, 0.05) is 6.54 Å². The second-order valence-electron chi connectivity index (χ2n) is 4.46. The van der Waals surface area contributed by atoms with E-state index < -0.39 is 0 Å². The average Bonchev–Trinajstić information content (AvgIpc) is 2.88. The van der Waals surface area contributed by atoms with Gasteiger partial charge in [-0.1, -0.05) is 13.0 Å². The molecule has 0 aliphatic carbocycles. The normalized spacial score (nSPS) is 15.3. The van der Waals surface area contributed by atoms with Crippen molar-refractivity contribution in [2.24, 2.45) is 0 Å². The van der Waals surface area contributed by atoms with E-state index >= 15 is 0 Å². The Bertz CT molecular complexity index is 467. The lowest BCUT2D eigenvalue weighted by Crippen LogP contribution is -2.35. The van der Waals surface area contributed by atoms with Crippen LogP contribution < -0.4 is 0 Å². The average molecular weight is 264 g/mol. The summed E-state index contributed by atoms with van der Waals surface area (Å²) in [6.07, 6.45) is 5.46. The number of rotatable bonds is 4. The van der Waals surface area contributed by atoms with E-state index in [0.29, 0.717) is 19.7 Å². The molecule has 0 N–H and O–H groups in total. The van der Waals surface area contributed by atoms with Gasteiger partial charge in [-0.15, -0.1) is 0 Å². The first kappa shape index (κ1) is 13.6. The summed E-state index contributed by atoms with van der Waals surface area (Å²) in [5, 5.41) is 8.64. The molecule has 0 radical (unpaired) electrons. The van der Waals surface area contributed by atoms with Crippen LogP contribution in [0.5, 0.6) is 0 Å². The van der Waals surface area contributed by atoms with Gasteiger partial charge in [-0.2, -0.15) is 15.0 Å². The van der Waals surface area contributed by atoms with Crippen molar-refractivity contribution >= 4 is 11.7 Å². The highest BCUT2D eigenvalue weighted by molar-refractivity contribution is 5.73. The van der Waals surface area contributed by atoms with Gasteiger partial charge in [-0.25, -0.2) is 4.79 Å². The van der Waals surface area contributed by atoms with Crippen LogP contribution in [0.15, 0.2) is 12.3 Å². The molecule has 0 saturated carbocycles. The van der Waals surface area contributed by atoms with E-state index in [-0.39, 0.29) is 6.09 Å². The first-order valence-electron chi connectivity index (χ1n) is 6.75. The van der Waals surface area contributed by atoms with Gasteiger partial charge in [0.25, 0.3) is 0 Å². The zero-order valence-corrected chi connectivity index (χ0v) is 11.5. The molecule has 2 rings (SSSR count). The molecule has 0 unspecified atom stereocenters.